The summed E-state index contributed by atoms with van der Waals surface area (Å²) in [4.78, 5) is 37.7. The largest absolute Gasteiger partial charge is 0.483 e. The average Bonchev–Trinajstić information content (AvgIpc) is 2.97. The number of pyridine rings is 2. The average molecular weight is 624 g/mol. The van der Waals surface area contributed by atoms with E-state index in [2.05, 4.69) is 26.8 Å². The lowest BCUT2D eigenvalue weighted by Gasteiger charge is -2.40. The van der Waals surface area contributed by atoms with Gasteiger partial charge in [-0.05, 0) is 73.7 Å². The molecule has 1 aliphatic heterocycles. The van der Waals surface area contributed by atoms with Gasteiger partial charge in [0.15, 0.2) is 9.84 Å². The number of hydrogen-bond donors (Lipinski definition) is 1. The number of amides is 2. The number of hydrogen-bond acceptors (Lipinski definition) is 8. The minimum atomic E-state index is -3.43. The van der Waals surface area contributed by atoms with Gasteiger partial charge in [0.05, 0.1) is 11.1 Å². The molecule has 1 N–H and O–H groups in total. The molecule has 1 fully saturated rings. The number of halogens is 1. The number of carbonyl (C=O) groups excluding carboxylic acids is 2. The fourth-order valence-corrected chi connectivity index (χ4v) is 5.84. The summed E-state index contributed by atoms with van der Waals surface area (Å²) in [5.74, 6) is -0.283. The molecule has 0 bridgehead atoms. The summed E-state index contributed by atoms with van der Waals surface area (Å²) < 4.78 is 44.9. The molecule has 2 amide bonds. The molecule has 10 nitrogen and oxygen atoms in total. The first-order valence-corrected chi connectivity index (χ1v) is 16.2. The van der Waals surface area contributed by atoms with Crippen LogP contribution >= 0.6 is 0 Å². The van der Waals surface area contributed by atoms with Crippen LogP contribution in [-0.2, 0) is 21.1 Å². The van der Waals surface area contributed by atoms with Gasteiger partial charge in [-0.15, -0.1) is 0 Å². The molecule has 0 aliphatic carbocycles. The lowest BCUT2D eigenvalue weighted by Crippen LogP contribution is -2.54. The molecule has 0 spiro atoms. The number of carbonyl (C=O) groups is 2. The zero-order valence-electron chi connectivity index (χ0n) is 25.6. The molecule has 234 valence electrons. The first-order valence-electron chi connectivity index (χ1n) is 14.4. The second kappa shape index (κ2) is 13.6. The van der Waals surface area contributed by atoms with Crippen molar-refractivity contribution < 1.29 is 27.1 Å². The molecule has 1 aliphatic rings. The van der Waals surface area contributed by atoms with Crippen LogP contribution in [0.3, 0.4) is 0 Å². The summed E-state index contributed by atoms with van der Waals surface area (Å²) in [6.07, 6.45) is 5.07. The minimum absolute atomic E-state index is 0.0310. The van der Waals surface area contributed by atoms with Gasteiger partial charge >= 0.3 is 0 Å². The highest BCUT2D eigenvalue weighted by Crippen LogP contribution is 2.27. The summed E-state index contributed by atoms with van der Waals surface area (Å²) in [7, 11) is -3.43. The van der Waals surface area contributed by atoms with Gasteiger partial charge in [-0.1, -0.05) is 25.6 Å². The Labute approximate surface area is 257 Å². The van der Waals surface area contributed by atoms with Crippen molar-refractivity contribution in [3.8, 4) is 5.75 Å². The van der Waals surface area contributed by atoms with E-state index in [0.29, 0.717) is 60.6 Å². The van der Waals surface area contributed by atoms with Gasteiger partial charge in [-0.2, -0.15) is 0 Å². The van der Waals surface area contributed by atoms with Crippen molar-refractivity contribution in [2.75, 3.05) is 37.8 Å². The number of nitrogens with one attached hydrogen (secondary N) is 1. The number of nitrogens with zero attached hydrogens (tertiary/aromatic N) is 4. The predicted molar refractivity (Wildman–Crippen MR) is 166 cm³/mol. The number of anilines is 1. The van der Waals surface area contributed by atoms with Gasteiger partial charge in [-0.3, -0.25) is 14.5 Å². The maximum atomic E-state index is 14.8. The Morgan fingerprint density at radius 3 is 2.50 bits per heavy atom. The predicted octanol–water partition coefficient (Wildman–Crippen LogP) is 4.29. The Bertz CT molecular complexity index is 1680. The van der Waals surface area contributed by atoms with Gasteiger partial charge < -0.3 is 15.0 Å². The summed E-state index contributed by atoms with van der Waals surface area (Å²) in [5.41, 5.74) is 2.46. The van der Waals surface area contributed by atoms with Gasteiger partial charge in [0.1, 0.15) is 29.2 Å². The van der Waals surface area contributed by atoms with Crippen LogP contribution < -0.4 is 10.1 Å². The lowest BCUT2D eigenvalue weighted by molar-refractivity contribution is -0.130. The smallest absolute Gasteiger partial charge is 0.275 e. The summed E-state index contributed by atoms with van der Waals surface area (Å²) in [6, 6.07) is 8.23. The van der Waals surface area contributed by atoms with E-state index < -0.39 is 21.8 Å². The molecule has 3 heterocycles. The van der Waals surface area contributed by atoms with E-state index in [1.165, 1.54) is 30.6 Å². The summed E-state index contributed by atoms with van der Waals surface area (Å²) >= 11 is 0. The van der Waals surface area contributed by atoms with E-state index in [1.54, 1.807) is 30.9 Å². The highest BCUT2D eigenvalue weighted by molar-refractivity contribution is 7.90. The first-order chi connectivity index (χ1) is 20.8. The number of benzene rings is 1. The Morgan fingerprint density at radius 1 is 1.16 bits per heavy atom. The van der Waals surface area contributed by atoms with E-state index in [9.17, 15) is 22.4 Å². The molecule has 12 heteroatoms. The van der Waals surface area contributed by atoms with Crippen LogP contribution in [0.1, 0.15) is 52.7 Å². The summed E-state index contributed by atoms with van der Waals surface area (Å²) in [6.45, 7) is 13.1. The molecular weight excluding hydrogens is 585 g/mol. The Hall–Kier alpha value is -4.16. The van der Waals surface area contributed by atoms with Crippen molar-refractivity contribution in [1.82, 2.24) is 19.8 Å². The Morgan fingerprint density at radius 2 is 1.91 bits per heavy atom. The maximum absolute atomic E-state index is 14.8. The van der Waals surface area contributed by atoms with Crippen molar-refractivity contribution in [3.05, 3.63) is 89.1 Å². The van der Waals surface area contributed by atoms with Crippen molar-refractivity contribution in [1.29, 1.82) is 0 Å². The van der Waals surface area contributed by atoms with E-state index in [0.717, 1.165) is 6.26 Å². The van der Waals surface area contributed by atoms with Gasteiger partial charge in [-0.25, -0.2) is 22.8 Å². The van der Waals surface area contributed by atoms with Crippen LogP contribution in [0.25, 0.3) is 0 Å². The van der Waals surface area contributed by atoms with Crippen LogP contribution in [0.15, 0.2) is 60.3 Å². The lowest BCUT2D eigenvalue weighted by atomic mass is 10.0. The Kier molecular flexibility index (Phi) is 10.2. The maximum Gasteiger partial charge on any atom is 0.275 e. The second-order valence-corrected chi connectivity index (χ2v) is 13.1. The van der Waals surface area contributed by atoms with Crippen molar-refractivity contribution in [2.24, 2.45) is 0 Å². The van der Waals surface area contributed by atoms with Crippen LogP contribution in [0.4, 0.5) is 10.2 Å². The molecule has 1 aromatic carbocycles. The third kappa shape index (κ3) is 7.67. The fraction of sp³-hybridized carbons (Fsp3) is 0.375. The summed E-state index contributed by atoms with van der Waals surface area (Å²) in [5, 5.41) is 2.69. The quantitative estimate of drug-likeness (QED) is 0.332. The minimum Gasteiger partial charge on any atom is -0.483 e. The molecule has 0 saturated carbocycles. The first kappa shape index (κ1) is 32.7. The zero-order valence-corrected chi connectivity index (χ0v) is 26.4. The highest BCUT2D eigenvalue weighted by Gasteiger charge is 2.29. The number of aromatic nitrogens is 2. The van der Waals surface area contributed by atoms with Crippen molar-refractivity contribution in [2.45, 2.75) is 51.2 Å². The molecule has 0 radical (unpaired) electrons. The number of rotatable bonds is 10. The zero-order chi connectivity index (χ0) is 32.2. The standard InChI is InChI=1S/C32H38FN5O5S/c1-7-23-9-10-24(15-27(23)33)28(19-37-11-12-38(22(5)18-37)29(39)8-2)43-25-13-20(3)30(34-16-25)32(40)36-31-21(4)14-26(17-35-31)44(6,41)42/h8-10,13-17,22,28H,2,7,11-12,18-19H2,1,3-6H3,(H,35,36,40)/t22-,28?/m1/s1. The second-order valence-electron chi connectivity index (χ2n) is 11.1. The van der Waals surface area contributed by atoms with E-state index in [-0.39, 0.29) is 34.2 Å². The number of ether oxygens (including phenoxy) is 1. The molecule has 1 unspecified atom stereocenters. The molecule has 4 rings (SSSR count). The topological polar surface area (TPSA) is 122 Å². The van der Waals surface area contributed by atoms with E-state index in [1.807, 2.05) is 19.9 Å². The van der Waals surface area contributed by atoms with Crippen molar-refractivity contribution >= 4 is 27.5 Å². The van der Waals surface area contributed by atoms with Crippen molar-refractivity contribution in [3.63, 3.8) is 0 Å². The molecule has 3 aromatic rings. The number of piperazine rings is 1. The third-order valence-electron chi connectivity index (χ3n) is 7.68. The van der Waals surface area contributed by atoms with Crippen LogP contribution in [0, 0.1) is 19.7 Å². The van der Waals surface area contributed by atoms with Gasteiger partial charge in [0.2, 0.25) is 5.91 Å². The highest BCUT2D eigenvalue weighted by atomic mass is 32.2. The third-order valence-corrected chi connectivity index (χ3v) is 8.76. The van der Waals surface area contributed by atoms with Crippen LogP contribution in [-0.4, -0.2) is 78.5 Å². The van der Waals surface area contributed by atoms with Crippen LogP contribution in [0.5, 0.6) is 5.75 Å². The molecule has 1 saturated heterocycles. The molecular formula is C32H38FN5O5S. The normalized spacial score (nSPS) is 16.3. The SMILES string of the molecule is C=CC(=O)N1CCN(CC(Oc2cnc(C(=O)Nc3ncc(S(C)(=O)=O)cc3C)c(C)c2)c2ccc(CC)c(F)c2)C[C@H]1C. The van der Waals surface area contributed by atoms with E-state index in [4.69, 9.17) is 4.74 Å². The number of aryl methyl sites for hydroxylation is 3. The fourth-order valence-electron chi connectivity index (χ4n) is 5.20. The molecule has 2 aromatic heterocycles. The van der Waals surface area contributed by atoms with Crippen LogP contribution in [0.2, 0.25) is 0 Å². The van der Waals surface area contributed by atoms with Gasteiger partial charge in [0, 0.05) is 44.7 Å². The van der Waals surface area contributed by atoms with E-state index >= 15 is 0 Å². The molecule has 2 atom stereocenters. The molecule has 44 heavy (non-hydrogen) atoms. The monoisotopic (exact) mass is 623 g/mol. The Balaban J connectivity index is 1.54. The number of sulfone groups is 1. The van der Waals surface area contributed by atoms with Gasteiger partial charge in [0.25, 0.3) is 5.91 Å².